The maximum atomic E-state index is 12.6. The molecule has 0 fully saturated rings. The van der Waals surface area contributed by atoms with E-state index < -0.39 is 27.9 Å². The summed E-state index contributed by atoms with van der Waals surface area (Å²) in [5.41, 5.74) is 0. The van der Waals surface area contributed by atoms with Crippen molar-refractivity contribution in [3.8, 4) is 0 Å². The molecule has 1 atom stereocenters. The Bertz CT molecular complexity index is 500. The number of halogens is 1. The summed E-state index contributed by atoms with van der Waals surface area (Å²) in [6.45, 7) is 0. The summed E-state index contributed by atoms with van der Waals surface area (Å²) in [7, 11) is -3.98. The van der Waals surface area contributed by atoms with Gasteiger partial charge in [-0.05, 0) is 24.3 Å². The highest BCUT2D eigenvalue weighted by Gasteiger charge is 2.23. The van der Waals surface area contributed by atoms with Gasteiger partial charge in [0.2, 0.25) is 10.0 Å². The lowest BCUT2D eigenvalue weighted by Crippen LogP contribution is -2.42. The second kappa shape index (κ2) is 5.48. The van der Waals surface area contributed by atoms with Gasteiger partial charge in [0.15, 0.2) is 0 Å². The third-order valence-corrected chi connectivity index (χ3v) is 3.75. The van der Waals surface area contributed by atoms with Crippen LogP contribution in [0.25, 0.3) is 0 Å². The quantitative estimate of drug-likeness (QED) is 0.685. The molecule has 0 aliphatic carbocycles. The van der Waals surface area contributed by atoms with Crippen LogP contribution in [0.3, 0.4) is 0 Å². The fourth-order valence-corrected chi connectivity index (χ4v) is 2.60. The maximum absolute atomic E-state index is 12.6. The monoisotopic (exact) mass is 279 g/mol. The van der Waals surface area contributed by atoms with Crippen molar-refractivity contribution in [2.75, 3.05) is 5.75 Å². The summed E-state index contributed by atoms with van der Waals surface area (Å²) in [5.74, 6) is -2.09. The van der Waals surface area contributed by atoms with Crippen LogP contribution in [-0.4, -0.2) is 31.3 Å². The van der Waals surface area contributed by atoms with Gasteiger partial charge in [-0.2, -0.15) is 17.4 Å². The van der Waals surface area contributed by atoms with E-state index in [1.165, 1.54) is 0 Å². The lowest BCUT2D eigenvalue weighted by Gasteiger charge is -2.12. The number of benzene rings is 1. The number of sulfonamides is 1. The Hall–Kier alpha value is -1.12. The van der Waals surface area contributed by atoms with E-state index in [0.717, 1.165) is 24.3 Å². The lowest BCUT2D eigenvalue weighted by molar-refractivity contribution is -0.138. The van der Waals surface area contributed by atoms with E-state index in [2.05, 4.69) is 12.6 Å². The van der Waals surface area contributed by atoms with Gasteiger partial charge < -0.3 is 5.11 Å². The summed E-state index contributed by atoms with van der Waals surface area (Å²) < 4.78 is 37.9. The van der Waals surface area contributed by atoms with Gasteiger partial charge in [-0.15, -0.1) is 0 Å². The minimum absolute atomic E-state index is 0.185. The number of carboxylic acids is 1. The molecule has 1 unspecified atom stereocenters. The second-order valence-corrected chi connectivity index (χ2v) is 5.23. The van der Waals surface area contributed by atoms with Gasteiger partial charge in [-0.3, -0.25) is 4.79 Å². The summed E-state index contributed by atoms with van der Waals surface area (Å²) in [6.07, 6.45) is 0. The van der Waals surface area contributed by atoms with Crippen LogP contribution in [0.2, 0.25) is 0 Å². The average molecular weight is 279 g/mol. The Morgan fingerprint density at radius 3 is 2.35 bits per heavy atom. The molecule has 0 saturated heterocycles. The molecular weight excluding hydrogens is 269 g/mol. The van der Waals surface area contributed by atoms with Crippen LogP contribution in [0, 0.1) is 5.82 Å². The molecule has 5 nitrogen and oxygen atoms in total. The molecule has 8 heteroatoms. The first kappa shape index (κ1) is 13.9. The van der Waals surface area contributed by atoms with E-state index in [4.69, 9.17) is 5.11 Å². The first-order valence-corrected chi connectivity index (χ1v) is 6.60. The standard InChI is InChI=1S/C9H10FNO4S2/c10-6-1-3-7(4-2-6)17(14,15)11-8(5-16)9(12)13/h1-4,8,11,16H,5H2,(H,12,13). The molecule has 1 aromatic rings. The third kappa shape index (κ3) is 3.69. The number of rotatable bonds is 5. The van der Waals surface area contributed by atoms with Gasteiger partial charge in [0.05, 0.1) is 4.90 Å². The van der Waals surface area contributed by atoms with Gasteiger partial charge in [0.1, 0.15) is 11.9 Å². The van der Waals surface area contributed by atoms with Crippen LogP contribution in [-0.2, 0) is 14.8 Å². The van der Waals surface area contributed by atoms with Crippen molar-refractivity contribution >= 4 is 28.6 Å². The van der Waals surface area contributed by atoms with E-state index in [1.807, 2.05) is 4.72 Å². The summed E-state index contributed by atoms with van der Waals surface area (Å²) in [4.78, 5) is 10.5. The van der Waals surface area contributed by atoms with Gasteiger partial charge in [0.25, 0.3) is 0 Å². The first-order chi connectivity index (χ1) is 7.86. The van der Waals surface area contributed by atoms with E-state index in [-0.39, 0.29) is 10.6 Å². The Labute approximate surface area is 103 Å². The molecule has 94 valence electrons. The van der Waals surface area contributed by atoms with Gasteiger partial charge in [-0.1, -0.05) is 0 Å². The SMILES string of the molecule is O=C(O)C(CS)NS(=O)(=O)c1ccc(F)cc1. The van der Waals surface area contributed by atoms with Gasteiger partial charge in [-0.25, -0.2) is 12.8 Å². The largest absolute Gasteiger partial charge is 0.480 e. The van der Waals surface area contributed by atoms with Gasteiger partial charge >= 0.3 is 5.97 Å². The van der Waals surface area contributed by atoms with Crippen molar-refractivity contribution in [1.82, 2.24) is 4.72 Å². The van der Waals surface area contributed by atoms with Crippen LogP contribution in [0.15, 0.2) is 29.2 Å². The molecular formula is C9H10FNO4S2. The van der Waals surface area contributed by atoms with Crippen LogP contribution in [0.4, 0.5) is 4.39 Å². The Kier molecular flexibility index (Phi) is 4.49. The summed E-state index contributed by atoms with van der Waals surface area (Å²) in [5, 5.41) is 8.69. The number of hydrogen-bond donors (Lipinski definition) is 3. The van der Waals surface area contributed by atoms with Crippen LogP contribution in [0.1, 0.15) is 0 Å². The molecule has 0 aliphatic rings. The van der Waals surface area contributed by atoms with E-state index in [0.29, 0.717) is 0 Å². The van der Waals surface area contributed by atoms with Crippen molar-refractivity contribution in [3.05, 3.63) is 30.1 Å². The Morgan fingerprint density at radius 2 is 1.94 bits per heavy atom. The van der Waals surface area contributed by atoms with Crippen molar-refractivity contribution in [3.63, 3.8) is 0 Å². The van der Waals surface area contributed by atoms with Crippen molar-refractivity contribution in [2.45, 2.75) is 10.9 Å². The van der Waals surface area contributed by atoms with Crippen LogP contribution < -0.4 is 4.72 Å². The first-order valence-electron chi connectivity index (χ1n) is 4.48. The second-order valence-electron chi connectivity index (χ2n) is 3.15. The van der Waals surface area contributed by atoms with E-state index in [9.17, 15) is 17.6 Å². The minimum Gasteiger partial charge on any atom is -0.480 e. The fourth-order valence-electron chi connectivity index (χ4n) is 1.03. The van der Waals surface area contributed by atoms with Gasteiger partial charge in [0, 0.05) is 5.75 Å². The lowest BCUT2D eigenvalue weighted by atomic mass is 10.4. The fraction of sp³-hybridized carbons (Fsp3) is 0.222. The topological polar surface area (TPSA) is 83.5 Å². The zero-order valence-corrected chi connectivity index (χ0v) is 10.2. The summed E-state index contributed by atoms with van der Waals surface area (Å²) in [6, 6.07) is 2.73. The molecule has 2 N–H and O–H groups in total. The number of nitrogens with one attached hydrogen (secondary N) is 1. The number of aliphatic carboxylic acids is 1. The third-order valence-electron chi connectivity index (χ3n) is 1.90. The van der Waals surface area contributed by atoms with Crippen LogP contribution >= 0.6 is 12.6 Å². The average Bonchev–Trinajstić information content (AvgIpc) is 2.26. The molecule has 0 aliphatic heterocycles. The highest BCUT2D eigenvalue weighted by atomic mass is 32.2. The zero-order chi connectivity index (χ0) is 13.1. The van der Waals surface area contributed by atoms with Crippen molar-refractivity contribution in [1.29, 1.82) is 0 Å². The normalized spacial score (nSPS) is 13.3. The van der Waals surface area contributed by atoms with E-state index >= 15 is 0 Å². The molecule has 1 aromatic carbocycles. The Morgan fingerprint density at radius 1 is 1.41 bits per heavy atom. The predicted molar refractivity (Wildman–Crippen MR) is 62.0 cm³/mol. The molecule has 1 rings (SSSR count). The molecule has 0 bridgehead atoms. The number of carbonyl (C=O) groups is 1. The highest BCUT2D eigenvalue weighted by molar-refractivity contribution is 7.89. The zero-order valence-electron chi connectivity index (χ0n) is 8.50. The highest BCUT2D eigenvalue weighted by Crippen LogP contribution is 2.10. The number of hydrogen-bond acceptors (Lipinski definition) is 4. The number of thiol groups is 1. The smallest absolute Gasteiger partial charge is 0.322 e. The molecule has 0 radical (unpaired) electrons. The van der Waals surface area contributed by atoms with E-state index in [1.54, 1.807) is 0 Å². The molecule has 17 heavy (non-hydrogen) atoms. The molecule has 0 aromatic heterocycles. The maximum Gasteiger partial charge on any atom is 0.322 e. The summed E-state index contributed by atoms with van der Waals surface area (Å²) >= 11 is 3.73. The minimum atomic E-state index is -3.98. The van der Waals surface area contributed by atoms with Crippen LogP contribution in [0.5, 0.6) is 0 Å². The molecule has 0 heterocycles. The predicted octanol–water partition coefficient (Wildman–Crippen LogP) is 0.487. The Balaban J connectivity index is 2.96. The van der Waals surface area contributed by atoms with Crippen molar-refractivity contribution in [2.24, 2.45) is 0 Å². The number of carboxylic acid groups (broad SMARTS) is 1. The molecule has 0 spiro atoms. The molecule has 0 amide bonds. The molecule has 0 saturated carbocycles. The van der Waals surface area contributed by atoms with Crippen molar-refractivity contribution < 1.29 is 22.7 Å².